The lowest BCUT2D eigenvalue weighted by Crippen LogP contribution is -2.39. The summed E-state index contributed by atoms with van der Waals surface area (Å²) in [5.74, 6) is 0.0519. The Balaban J connectivity index is 1.93. The van der Waals surface area contributed by atoms with Gasteiger partial charge in [-0.15, -0.1) is 0 Å². The molecule has 1 saturated heterocycles. The molecule has 1 unspecified atom stereocenters. The summed E-state index contributed by atoms with van der Waals surface area (Å²) < 4.78 is 41.0. The van der Waals surface area contributed by atoms with Crippen LogP contribution in [0.15, 0.2) is 27.6 Å². The first-order valence-electron chi connectivity index (χ1n) is 7.47. The zero-order valence-electron chi connectivity index (χ0n) is 11.8. The summed E-state index contributed by atoms with van der Waals surface area (Å²) in [4.78, 5) is 0.175. The fourth-order valence-electron chi connectivity index (χ4n) is 3.69. The molecule has 0 radical (unpaired) electrons. The van der Waals surface area contributed by atoms with Gasteiger partial charge in [-0.05, 0) is 65.7 Å². The quantitative estimate of drug-likeness (QED) is 0.802. The Kier molecular flexibility index (Phi) is 4.39. The largest absolute Gasteiger partial charge is 0.244 e. The van der Waals surface area contributed by atoms with E-state index in [9.17, 15) is 12.8 Å². The van der Waals surface area contributed by atoms with Gasteiger partial charge in [-0.3, -0.25) is 0 Å². The third kappa shape index (κ3) is 2.90. The highest BCUT2D eigenvalue weighted by molar-refractivity contribution is 9.10. The van der Waals surface area contributed by atoms with Gasteiger partial charge in [-0.25, -0.2) is 12.8 Å². The minimum atomic E-state index is -3.55. The maximum absolute atomic E-state index is 13.2. The summed E-state index contributed by atoms with van der Waals surface area (Å²) >= 11 is 3.19. The summed E-state index contributed by atoms with van der Waals surface area (Å²) in [6.45, 7) is 0.577. The highest BCUT2D eigenvalue weighted by Gasteiger charge is 2.40. The second-order valence-electron chi connectivity index (χ2n) is 5.94. The van der Waals surface area contributed by atoms with Crippen LogP contribution in [0.25, 0.3) is 0 Å². The fourth-order valence-corrected chi connectivity index (χ4v) is 6.45. The number of halogens is 2. The number of hydrogen-bond donors (Lipinski definition) is 0. The summed E-state index contributed by atoms with van der Waals surface area (Å²) in [6.07, 6.45) is 6.52. The van der Waals surface area contributed by atoms with Crippen molar-refractivity contribution in [2.75, 3.05) is 6.54 Å². The van der Waals surface area contributed by atoms with Crippen LogP contribution in [-0.4, -0.2) is 25.3 Å². The maximum Gasteiger partial charge on any atom is 0.244 e. The Hall–Kier alpha value is -0.460. The van der Waals surface area contributed by atoms with Crippen molar-refractivity contribution in [2.24, 2.45) is 5.92 Å². The first-order valence-corrected chi connectivity index (χ1v) is 9.70. The molecule has 1 saturated carbocycles. The van der Waals surface area contributed by atoms with E-state index in [0.29, 0.717) is 16.9 Å². The van der Waals surface area contributed by atoms with E-state index in [-0.39, 0.29) is 10.9 Å². The fraction of sp³-hybridized carbons (Fsp3) is 0.600. The van der Waals surface area contributed by atoms with Crippen molar-refractivity contribution in [3.8, 4) is 0 Å². The lowest BCUT2D eigenvalue weighted by atomic mass is 9.97. The van der Waals surface area contributed by atoms with Gasteiger partial charge < -0.3 is 0 Å². The number of hydrogen-bond acceptors (Lipinski definition) is 2. The minimum Gasteiger partial charge on any atom is -0.207 e. The highest BCUT2D eigenvalue weighted by Crippen LogP contribution is 2.39. The predicted molar refractivity (Wildman–Crippen MR) is 83.0 cm³/mol. The van der Waals surface area contributed by atoms with Gasteiger partial charge in [0.1, 0.15) is 5.82 Å². The van der Waals surface area contributed by atoms with Crippen LogP contribution < -0.4 is 0 Å². The lowest BCUT2D eigenvalue weighted by molar-refractivity contribution is 0.288. The van der Waals surface area contributed by atoms with Gasteiger partial charge in [0.05, 0.1) is 4.90 Å². The molecule has 1 atom stereocenters. The molecule has 2 fully saturated rings. The predicted octanol–water partition coefficient (Wildman–Crippen LogP) is 3.93. The summed E-state index contributed by atoms with van der Waals surface area (Å²) in [5, 5.41) is 0. The smallest absolute Gasteiger partial charge is 0.207 e. The van der Waals surface area contributed by atoms with Crippen LogP contribution in [0.4, 0.5) is 4.39 Å². The Morgan fingerprint density at radius 2 is 1.86 bits per heavy atom. The van der Waals surface area contributed by atoms with Crippen molar-refractivity contribution in [3.63, 3.8) is 0 Å². The van der Waals surface area contributed by atoms with Gasteiger partial charge in [0, 0.05) is 17.1 Å². The van der Waals surface area contributed by atoms with Gasteiger partial charge >= 0.3 is 0 Å². The van der Waals surface area contributed by atoms with Gasteiger partial charge in [0.2, 0.25) is 10.0 Å². The van der Waals surface area contributed by atoms with Crippen LogP contribution in [0.5, 0.6) is 0 Å². The first-order chi connectivity index (χ1) is 10.00. The normalized spacial score (nSPS) is 24.8. The van der Waals surface area contributed by atoms with E-state index >= 15 is 0 Å². The second-order valence-corrected chi connectivity index (χ2v) is 8.66. The molecular formula is C15H19BrFNO2S. The van der Waals surface area contributed by atoms with Gasteiger partial charge in [0.15, 0.2) is 0 Å². The van der Waals surface area contributed by atoms with Crippen LogP contribution in [-0.2, 0) is 10.0 Å². The zero-order chi connectivity index (χ0) is 15.0. The zero-order valence-corrected chi connectivity index (χ0v) is 14.2. The van der Waals surface area contributed by atoms with Crippen LogP contribution in [0.3, 0.4) is 0 Å². The molecule has 1 heterocycles. The molecule has 0 aromatic heterocycles. The molecule has 6 heteroatoms. The lowest BCUT2D eigenvalue weighted by Gasteiger charge is -2.29. The Morgan fingerprint density at radius 3 is 2.52 bits per heavy atom. The monoisotopic (exact) mass is 375 g/mol. The molecule has 2 aliphatic rings. The van der Waals surface area contributed by atoms with E-state index in [2.05, 4.69) is 15.9 Å². The molecule has 3 nitrogen and oxygen atoms in total. The molecule has 1 aliphatic heterocycles. The molecule has 1 aromatic rings. The molecule has 1 aromatic carbocycles. The Bertz CT molecular complexity index is 629. The van der Waals surface area contributed by atoms with Crippen molar-refractivity contribution >= 4 is 26.0 Å². The SMILES string of the molecule is O=S(=O)(c1ccc(F)cc1Br)N1CCCC1C1CCCC1. The molecule has 0 bridgehead atoms. The average Bonchev–Trinajstić information content (AvgIpc) is 3.09. The van der Waals surface area contributed by atoms with Crippen molar-refractivity contribution < 1.29 is 12.8 Å². The number of nitrogens with zero attached hydrogens (tertiary/aromatic N) is 1. The summed E-state index contributed by atoms with van der Waals surface area (Å²) in [5.41, 5.74) is 0. The van der Waals surface area contributed by atoms with Crippen LogP contribution in [0.1, 0.15) is 38.5 Å². The summed E-state index contributed by atoms with van der Waals surface area (Å²) in [6, 6.07) is 3.90. The van der Waals surface area contributed by atoms with Gasteiger partial charge in [0.25, 0.3) is 0 Å². The van der Waals surface area contributed by atoms with Gasteiger partial charge in [-0.1, -0.05) is 12.8 Å². The Morgan fingerprint density at radius 1 is 1.14 bits per heavy atom. The van der Waals surface area contributed by atoms with E-state index in [1.807, 2.05) is 0 Å². The van der Waals surface area contributed by atoms with Crippen LogP contribution in [0, 0.1) is 11.7 Å². The second kappa shape index (κ2) is 5.97. The summed E-state index contributed by atoms with van der Waals surface area (Å²) in [7, 11) is -3.55. The number of benzene rings is 1. The third-order valence-electron chi connectivity index (χ3n) is 4.67. The van der Waals surface area contributed by atoms with Crippen LogP contribution in [0.2, 0.25) is 0 Å². The maximum atomic E-state index is 13.2. The van der Waals surface area contributed by atoms with Crippen LogP contribution >= 0.6 is 15.9 Å². The molecule has 1 aliphatic carbocycles. The average molecular weight is 376 g/mol. The topological polar surface area (TPSA) is 37.4 Å². The first kappa shape index (κ1) is 15.4. The third-order valence-corrected chi connectivity index (χ3v) is 7.57. The number of sulfonamides is 1. The van der Waals surface area contributed by atoms with Crippen molar-refractivity contribution in [1.29, 1.82) is 0 Å². The molecule has 0 spiro atoms. The van der Waals surface area contributed by atoms with Crippen molar-refractivity contribution in [1.82, 2.24) is 4.31 Å². The molecule has 0 N–H and O–H groups in total. The van der Waals surface area contributed by atoms with E-state index in [1.54, 1.807) is 4.31 Å². The van der Waals surface area contributed by atoms with E-state index in [0.717, 1.165) is 25.7 Å². The minimum absolute atomic E-state index is 0.120. The van der Waals surface area contributed by atoms with E-state index < -0.39 is 15.8 Å². The van der Waals surface area contributed by atoms with Crippen molar-refractivity contribution in [3.05, 3.63) is 28.5 Å². The number of rotatable bonds is 3. The van der Waals surface area contributed by atoms with Gasteiger partial charge in [-0.2, -0.15) is 4.31 Å². The Labute approximate surface area is 133 Å². The molecule has 3 rings (SSSR count). The molecule has 0 amide bonds. The highest BCUT2D eigenvalue weighted by atomic mass is 79.9. The standard InChI is InChI=1S/C15H19BrFNO2S/c16-13-10-12(17)7-8-15(13)21(19,20)18-9-3-6-14(18)11-4-1-2-5-11/h7-8,10-11,14H,1-6,9H2. The van der Waals surface area contributed by atoms with E-state index in [4.69, 9.17) is 0 Å². The molecular weight excluding hydrogens is 357 g/mol. The van der Waals surface area contributed by atoms with Crippen molar-refractivity contribution in [2.45, 2.75) is 49.5 Å². The molecule has 21 heavy (non-hydrogen) atoms. The van der Waals surface area contributed by atoms with E-state index in [1.165, 1.54) is 31.0 Å². The molecule has 116 valence electrons.